The summed E-state index contributed by atoms with van der Waals surface area (Å²) in [7, 11) is 1.48. The van der Waals surface area contributed by atoms with E-state index in [2.05, 4.69) is 18.7 Å². The minimum atomic E-state index is -0.0926. The maximum Gasteiger partial charge on any atom is 0.323 e. The van der Waals surface area contributed by atoms with Crippen LogP contribution in [0.25, 0.3) is 0 Å². The van der Waals surface area contributed by atoms with Crippen LogP contribution in [0, 0.1) is 5.92 Å². The van der Waals surface area contributed by atoms with Crippen molar-refractivity contribution in [2.24, 2.45) is 11.7 Å². The molecule has 2 aliphatic rings. The number of rotatable bonds is 3. The van der Waals surface area contributed by atoms with Crippen LogP contribution in [0.1, 0.15) is 39.5 Å². The van der Waals surface area contributed by atoms with Crippen molar-refractivity contribution in [3.05, 3.63) is 0 Å². The van der Waals surface area contributed by atoms with Gasteiger partial charge in [0.15, 0.2) is 0 Å². The number of fused-ring (bicyclic) bond motifs is 2. The molecule has 2 rings (SSSR count). The van der Waals surface area contributed by atoms with Gasteiger partial charge >= 0.3 is 5.97 Å². The van der Waals surface area contributed by atoms with Gasteiger partial charge in [0.1, 0.15) is 6.04 Å². The second-order valence-corrected chi connectivity index (χ2v) is 5.78. The standard InChI is InChI=1S/C13H24N2O2/c1-8(2)12(13(16)17-3)15-10-4-5-11(15)7-9(14)6-10/h8-12H,4-7,14H2,1-3H3. The van der Waals surface area contributed by atoms with Gasteiger partial charge in [-0.25, -0.2) is 0 Å². The lowest BCUT2D eigenvalue weighted by atomic mass is 9.92. The SMILES string of the molecule is COC(=O)C(C(C)C)N1C2CCC1CC(N)C2. The van der Waals surface area contributed by atoms with Gasteiger partial charge in [0.2, 0.25) is 0 Å². The molecule has 2 N–H and O–H groups in total. The average molecular weight is 240 g/mol. The molecule has 0 aliphatic carbocycles. The molecule has 2 fully saturated rings. The van der Waals surface area contributed by atoms with E-state index in [0.717, 1.165) is 12.8 Å². The zero-order valence-corrected chi connectivity index (χ0v) is 11.1. The molecule has 17 heavy (non-hydrogen) atoms. The van der Waals surface area contributed by atoms with Crippen molar-refractivity contribution in [1.29, 1.82) is 0 Å². The highest BCUT2D eigenvalue weighted by Gasteiger charge is 2.46. The Morgan fingerprint density at radius 2 is 1.82 bits per heavy atom. The van der Waals surface area contributed by atoms with Crippen LogP contribution in [0.4, 0.5) is 0 Å². The lowest BCUT2D eigenvalue weighted by molar-refractivity contribution is -0.151. The Hall–Kier alpha value is -0.610. The number of nitrogens with zero attached hydrogens (tertiary/aromatic N) is 1. The van der Waals surface area contributed by atoms with E-state index in [1.807, 2.05) is 0 Å². The number of piperidine rings is 1. The van der Waals surface area contributed by atoms with Crippen molar-refractivity contribution in [3.8, 4) is 0 Å². The number of ether oxygens (including phenoxy) is 1. The van der Waals surface area contributed by atoms with Gasteiger partial charge in [0, 0.05) is 18.1 Å². The largest absolute Gasteiger partial charge is 0.468 e. The highest BCUT2D eigenvalue weighted by atomic mass is 16.5. The maximum atomic E-state index is 12.0. The summed E-state index contributed by atoms with van der Waals surface area (Å²) in [5, 5.41) is 0. The number of hydrogen-bond acceptors (Lipinski definition) is 4. The van der Waals surface area contributed by atoms with Gasteiger partial charge in [0.25, 0.3) is 0 Å². The fourth-order valence-corrected chi connectivity index (χ4v) is 3.57. The molecule has 0 saturated carbocycles. The van der Waals surface area contributed by atoms with Crippen LogP contribution in [0.15, 0.2) is 0 Å². The van der Waals surface area contributed by atoms with E-state index in [0.29, 0.717) is 24.0 Å². The molecule has 2 saturated heterocycles. The van der Waals surface area contributed by atoms with Gasteiger partial charge < -0.3 is 10.5 Å². The zero-order valence-electron chi connectivity index (χ0n) is 11.1. The highest BCUT2D eigenvalue weighted by molar-refractivity contribution is 5.76. The molecule has 0 aromatic heterocycles. The molecule has 2 bridgehead atoms. The second kappa shape index (κ2) is 4.94. The highest BCUT2D eigenvalue weighted by Crippen LogP contribution is 2.38. The van der Waals surface area contributed by atoms with Gasteiger partial charge in [-0.2, -0.15) is 0 Å². The van der Waals surface area contributed by atoms with Crippen molar-refractivity contribution < 1.29 is 9.53 Å². The molecule has 3 unspecified atom stereocenters. The molecule has 3 atom stereocenters. The molecule has 0 spiro atoms. The van der Waals surface area contributed by atoms with E-state index in [9.17, 15) is 4.79 Å². The van der Waals surface area contributed by atoms with Crippen molar-refractivity contribution in [3.63, 3.8) is 0 Å². The van der Waals surface area contributed by atoms with E-state index in [1.165, 1.54) is 20.0 Å². The first kappa shape index (κ1) is 12.8. The fraction of sp³-hybridized carbons (Fsp3) is 0.923. The van der Waals surface area contributed by atoms with E-state index in [-0.39, 0.29) is 12.0 Å². The quantitative estimate of drug-likeness (QED) is 0.752. The molecule has 4 nitrogen and oxygen atoms in total. The molecule has 2 heterocycles. The predicted molar refractivity (Wildman–Crippen MR) is 66.5 cm³/mol. The number of carbonyl (C=O) groups is 1. The predicted octanol–water partition coefficient (Wildman–Crippen LogP) is 1.14. The van der Waals surface area contributed by atoms with Crippen molar-refractivity contribution in [1.82, 2.24) is 4.90 Å². The number of hydrogen-bond donors (Lipinski definition) is 1. The van der Waals surface area contributed by atoms with Crippen molar-refractivity contribution in [2.75, 3.05) is 7.11 Å². The van der Waals surface area contributed by atoms with Gasteiger partial charge in [-0.05, 0) is 31.6 Å². The molecule has 0 aromatic rings. The zero-order chi connectivity index (χ0) is 12.6. The molecule has 0 radical (unpaired) electrons. The molecular weight excluding hydrogens is 216 g/mol. The van der Waals surface area contributed by atoms with E-state index < -0.39 is 0 Å². The van der Waals surface area contributed by atoms with Gasteiger partial charge in [0.05, 0.1) is 7.11 Å². The van der Waals surface area contributed by atoms with E-state index in [4.69, 9.17) is 10.5 Å². The Morgan fingerprint density at radius 3 is 2.24 bits per heavy atom. The van der Waals surface area contributed by atoms with Crippen molar-refractivity contribution >= 4 is 5.97 Å². The van der Waals surface area contributed by atoms with Crippen LogP contribution in [0.3, 0.4) is 0 Å². The van der Waals surface area contributed by atoms with Crippen LogP contribution in [-0.2, 0) is 9.53 Å². The monoisotopic (exact) mass is 240 g/mol. The lowest BCUT2D eigenvalue weighted by Gasteiger charge is -2.42. The molecule has 2 aliphatic heterocycles. The van der Waals surface area contributed by atoms with Crippen LogP contribution in [0.2, 0.25) is 0 Å². The Balaban J connectivity index is 2.17. The van der Waals surface area contributed by atoms with Crippen LogP contribution < -0.4 is 5.73 Å². The Bertz CT molecular complexity index is 279. The lowest BCUT2D eigenvalue weighted by Crippen LogP contribution is -2.56. The number of carbonyl (C=O) groups excluding carboxylic acids is 1. The third-order valence-electron chi connectivity index (χ3n) is 4.22. The smallest absolute Gasteiger partial charge is 0.323 e. The van der Waals surface area contributed by atoms with Crippen LogP contribution >= 0.6 is 0 Å². The summed E-state index contributed by atoms with van der Waals surface area (Å²) >= 11 is 0. The molecule has 98 valence electrons. The molecular formula is C13H24N2O2. The average Bonchev–Trinajstić information content (AvgIpc) is 2.52. The Morgan fingerprint density at radius 1 is 1.29 bits per heavy atom. The minimum Gasteiger partial charge on any atom is -0.468 e. The summed E-state index contributed by atoms with van der Waals surface area (Å²) in [6, 6.07) is 1.18. The third kappa shape index (κ3) is 2.33. The summed E-state index contributed by atoms with van der Waals surface area (Å²) < 4.78 is 4.97. The number of esters is 1. The fourth-order valence-electron chi connectivity index (χ4n) is 3.57. The summed E-state index contributed by atoms with van der Waals surface area (Å²) in [5.74, 6) is 0.201. The van der Waals surface area contributed by atoms with Crippen LogP contribution in [-0.4, -0.2) is 42.1 Å². The number of nitrogens with two attached hydrogens (primary N) is 1. The summed E-state index contributed by atoms with van der Waals surface area (Å²) in [4.78, 5) is 14.3. The molecule has 0 aromatic carbocycles. The normalized spacial score (nSPS) is 35.0. The Labute approximate surface area is 103 Å². The third-order valence-corrected chi connectivity index (χ3v) is 4.22. The van der Waals surface area contributed by atoms with Gasteiger partial charge in [-0.1, -0.05) is 13.8 Å². The van der Waals surface area contributed by atoms with Gasteiger partial charge in [-0.3, -0.25) is 9.69 Å². The van der Waals surface area contributed by atoms with E-state index >= 15 is 0 Å². The number of methoxy groups -OCH3 is 1. The first-order chi connectivity index (χ1) is 8.04. The first-order valence-corrected chi connectivity index (χ1v) is 6.65. The molecule has 0 amide bonds. The topological polar surface area (TPSA) is 55.6 Å². The van der Waals surface area contributed by atoms with E-state index in [1.54, 1.807) is 0 Å². The summed E-state index contributed by atoms with van der Waals surface area (Å²) in [6.45, 7) is 4.19. The maximum absolute atomic E-state index is 12.0. The Kier molecular flexibility index (Phi) is 3.73. The first-order valence-electron chi connectivity index (χ1n) is 6.65. The van der Waals surface area contributed by atoms with Crippen molar-refractivity contribution in [2.45, 2.75) is 63.7 Å². The molecule has 4 heteroatoms. The summed E-state index contributed by atoms with van der Waals surface area (Å²) in [6.07, 6.45) is 4.41. The second-order valence-electron chi connectivity index (χ2n) is 5.78. The van der Waals surface area contributed by atoms with Gasteiger partial charge in [-0.15, -0.1) is 0 Å². The minimum absolute atomic E-state index is 0.0904. The summed E-state index contributed by atoms with van der Waals surface area (Å²) in [5.41, 5.74) is 6.06. The van der Waals surface area contributed by atoms with Crippen LogP contribution in [0.5, 0.6) is 0 Å².